The highest BCUT2D eigenvalue weighted by molar-refractivity contribution is 5.83. The Morgan fingerprint density at radius 2 is 1.56 bits per heavy atom. The maximum atomic E-state index is 12.4. The quantitative estimate of drug-likeness (QED) is 0.790. The lowest BCUT2D eigenvalue weighted by Gasteiger charge is -2.16. The first kappa shape index (κ1) is 11.0. The molecule has 0 spiro atoms. The van der Waals surface area contributed by atoms with E-state index in [4.69, 9.17) is 5.73 Å². The van der Waals surface area contributed by atoms with Crippen LogP contribution in [0.5, 0.6) is 0 Å². The summed E-state index contributed by atoms with van der Waals surface area (Å²) in [4.78, 5) is 0. The third-order valence-electron chi connectivity index (χ3n) is 2.49. The van der Waals surface area contributed by atoms with Crippen LogP contribution in [-0.4, -0.2) is 6.18 Å². The van der Waals surface area contributed by atoms with Crippen LogP contribution in [0.2, 0.25) is 0 Å². The first-order chi connectivity index (χ1) is 7.48. The van der Waals surface area contributed by atoms with Crippen molar-refractivity contribution in [3.05, 3.63) is 48.0 Å². The van der Waals surface area contributed by atoms with Gasteiger partial charge in [0.1, 0.15) is 6.04 Å². The van der Waals surface area contributed by atoms with Gasteiger partial charge >= 0.3 is 6.18 Å². The molecule has 0 aliphatic carbocycles. The van der Waals surface area contributed by atoms with Crippen LogP contribution in [0.15, 0.2) is 42.5 Å². The molecule has 0 saturated carbocycles. The Morgan fingerprint density at radius 1 is 0.938 bits per heavy atom. The van der Waals surface area contributed by atoms with E-state index in [0.717, 1.165) is 10.8 Å². The molecule has 1 atom stereocenters. The van der Waals surface area contributed by atoms with Crippen LogP contribution in [0.25, 0.3) is 10.8 Å². The largest absolute Gasteiger partial charge is 0.407 e. The van der Waals surface area contributed by atoms with Gasteiger partial charge in [-0.05, 0) is 22.4 Å². The van der Waals surface area contributed by atoms with Gasteiger partial charge in [-0.3, -0.25) is 0 Å². The van der Waals surface area contributed by atoms with Crippen molar-refractivity contribution in [3.63, 3.8) is 0 Å². The van der Waals surface area contributed by atoms with Crippen molar-refractivity contribution in [1.82, 2.24) is 0 Å². The summed E-state index contributed by atoms with van der Waals surface area (Å²) in [6.07, 6.45) is -4.40. The minimum Gasteiger partial charge on any atom is -0.316 e. The number of alkyl halides is 3. The van der Waals surface area contributed by atoms with Gasteiger partial charge < -0.3 is 5.73 Å². The minimum atomic E-state index is -4.40. The van der Waals surface area contributed by atoms with Crippen molar-refractivity contribution in [3.8, 4) is 0 Å². The van der Waals surface area contributed by atoms with E-state index < -0.39 is 12.2 Å². The highest BCUT2D eigenvalue weighted by atomic mass is 19.4. The fourth-order valence-corrected chi connectivity index (χ4v) is 1.59. The maximum absolute atomic E-state index is 12.4. The number of hydrogen-bond donors (Lipinski definition) is 1. The number of benzene rings is 2. The molecule has 0 aliphatic heterocycles. The Kier molecular flexibility index (Phi) is 2.59. The van der Waals surface area contributed by atoms with Gasteiger partial charge in [0, 0.05) is 0 Å². The summed E-state index contributed by atoms with van der Waals surface area (Å²) in [7, 11) is 0. The second-order valence-electron chi connectivity index (χ2n) is 3.63. The zero-order valence-electron chi connectivity index (χ0n) is 8.33. The first-order valence-corrected chi connectivity index (χ1v) is 4.79. The Bertz CT molecular complexity index is 505. The Labute approximate surface area is 90.7 Å². The lowest BCUT2D eigenvalue weighted by molar-refractivity contribution is -0.149. The smallest absolute Gasteiger partial charge is 0.316 e. The predicted octanol–water partition coefficient (Wildman–Crippen LogP) is 3.40. The number of hydrogen-bond acceptors (Lipinski definition) is 1. The average Bonchev–Trinajstić information content (AvgIpc) is 2.26. The molecule has 0 radical (unpaired) electrons. The van der Waals surface area contributed by atoms with E-state index in [1.165, 1.54) is 12.1 Å². The summed E-state index contributed by atoms with van der Waals surface area (Å²) < 4.78 is 37.2. The van der Waals surface area contributed by atoms with Gasteiger partial charge in [-0.2, -0.15) is 13.2 Å². The third-order valence-corrected chi connectivity index (χ3v) is 2.49. The van der Waals surface area contributed by atoms with E-state index in [9.17, 15) is 13.2 Å². The Hall–Kier alpha value is -1.55. The molecule has 0 unspecified atom stereocenters. The van der Waals surface area contributed by atoms with Crippen molar-refractivity contribution in [2.75, 3.05) is 0 Å². The van der Waals surface area contributed by atoms with Crippen LogP contribution in [0.3, 0.4) is 0 Å². The fraction of sp³-hybridized carbons (Fsp3) is 0.167. The highest BCUT2D eigenvalue weighted by Crippen LogP contribution is 2.31. The monoisotopic (exact) mass is 225 g/mol. The van der Waals surface area contributed by atoms with Crippen LogP contribution in [0.4, 0.5) is 13.2 Å². The summed E-state index contributed by atoms with van der Waals surface area (Å²) in [6, 6.07) is 9.86. The first-order valence-electron chi connectivity index (χ1n) is 4.79. The average molecular weight is 225 g/mol. The zero-order chi connectivity index (χ0) is 11.8. The topological polar surface area (TPSA) is 26.0 Å². The summed E-state index contributed by atoms with van der Waals surface area (Å²) in [5, 5.41) is 1.67. The van der Waals surface area contributed by atoms with Crippen molar-refractivity contribution in [2.45, 2.75) is 12.2 Å². The third kappa shape index (κ3) is 2.02. The van der Waals surface area contributed by atoms with Crippen LogP contribution >= 0.6 is 0 Å². The Morgan fingerprint density at radius 3 is 2.19 bits per heavy atom. The van der Waals surface area contributed by atoms with Gasteiger partial charge in [0.05, 0.1) is 0 Å². The second kappa shape index (κ2) is 3.79. The number of nitrogens with two attached hydrogens (primary N) is 1. The van der Waals surface area contributed by atoms with Gasteiger partial charge in [0.25, 0.3) is 0 Å². The Balaban J connectivity index is 2.47. The molecule has 0 fully saturated rings. The molecule has 4 heteroatoms. The number of rotatable bonds is 1. The second-order valence-corrected chi connectivity index (χ2v) is 3.63. The van der Waals surface area contributed by atoms with Gasteiger partial charge in [-0.25, -0.2) is 0 Å². The lowest BCUT2D eigenvalue weighted by atomic mass is 10.0. The highest BCUT2D eigenvalue weighted by Gasteiger charge is 2.37. The van der Waals surface area contributed by atoms with Gasteiger partial charge in [0.2, 0.25) is 0 Å². The molecule has 0 bridgehead atoms. The molecule has 0 aromatic heterocycles. The van der Waals surface area contributed by atoms with Gasteiger partial charge in [0.15, 0.2) is 0 Å². The van der Waals surface area contributed by atoms with E-state index in [0.29, 0.717) is 0 Å². The number of fused-ring (bicyclic) bond motifs is 1. The molecular formula is C12H10F3N. The van der Waals surface area contributed by atoms with E-state index >= 15 is 0 Å². The van der Waals surface area contributed by atoms with Crippen molar-refractivity contribution in [1.29, 1.82) is 0 Å². The molecule has 16 heavy (non-hydrogen) atoms. The standard InChI is InChI=1S/C12H10F3N/c13-12(14,15)11(16)10-6-5-8-3-1-2-4-9(8)7-10/h1-7,11H,16H2/t11-/m1/s1. The van der Waals surface area contributed by atoms with Crippen molar-refractivity contribution in [2.24, 2.45) is 5.73 Å². The van der Waals surface area contributed by atoms with E-state index in [-0.39, 0.29) is 5.56 Å². The van der Waals surface area contributed by atoms with E-state index in [1.807, 2.05) is 12.1 Å². The van der Waals surface area contributed by atoms with Gasteiger partial charge in [-0.1, -0.05) is 36.4 Å². The summed E-state index contributed by atoms with van der Waals surface area (Å²) in [6.45, 7) is 0. The predicted molar refractivity (Wildman–Crippen MR) is 56.9 cm³/mol. The lowest BCUT2D eigenvalue weighted by Crippen LogP contribution is -2.28. The van der Waals surface area contributed by atoms with Gasteiger partial charge in [-0.15, -0.1) is 0 Å². The minimum absolute atomic E-state index is 0.0891. The molecule has 2 aromatic carbocycles. The molecule has 2 aromatic rings. The molecule has 0 amide bonds. The van der Waals surface area contributed by atoms with E-state index in [2.05, 4.69) is 0 Å². The van der Waals surface area contributed by atoms with Crippen LogP contribution in [0.1, 0.15) is 11.6 Å². The summed E-state index contributed by atoms with van der Waals surface area (Å²) in [5.74, 6) is 0. The molecule has 0 heterocycles. The van der Waals surface area contributed by atoms with Crippen LogP contribution in [-0.2, 0) is 0 Å². The SMILES string of the molecule is N[C@H](c1ccc2ccccc2c1)C(F)(F)F. The number of halogens is 3. The summed E-state index contributed by atoms with van der Waals surface area (Å²) in [5.41, 5.74) is 5.23. The molecule has 0 aliphatic rings. The van der Waals surface area contributed by atoms with Crippen LogP contribution in [0, 0.1) is 0 Å². The molecular weight excluding hydrogens is 215 g/mol. The maximum Gasteiger partial charge on any atom is 0.407 e. The molecule has 2 rings (SSSR count). The summed E-state index contributed by atoms with van der Waals surface area (Å²) >= 11 is 0. The van der Waals surface area contributed by atoms with Crippen LogP contribution < -0.4 is 5.73 Å². The molecule has 1 nitrogen and oxygen atoms in total. The van der Waals surface area contributed by atoms with E-state index in [1.54, 1.807) is 18.2 Å². The fourth-order valence-electron chi connectivity index (χ4n) is 1.59. The van der Waals surface area contributed by atoms with Crippen molar-refractivity contribution >= 4 is 10.8 Å². The zero-order valence-corrected chi connectivity index (χ0v) is 8.33. The molecule has 0 saturated heterocycles. The molecule has 84 valence electrons. The normalized spacial score (nSPS) is 14.0. The molecule has 2 N–H and O–H groups in total. The van der Waals surface area contributed by atoms with Crippen molar-refractivity contribution < 1.29 is 13.2 Å².